The molecule has 1 unspecified atom stereocenters. The summed E-state index contributed by atoms with van der Waals surface area (Å²) >= 11 is 0. The van der Waals surface area contributed by atoms with E-state index in [9.17, 15) is 4.79 Å². The standard InChI is InChI=1S/C17H31N5O/c1-4-18-17(20-9-8-19-16(23)14(2)3)22-12-7-15(13-22)21-10-5-6-11-21/h5-6,14-15H,4,7-13H2,1-3H3,(H,18,20)(H,19,23). The monoisotopic (exact) mass is 321 g/mol. The molecule has 6 heteroatoms. The zero-order valence-corrected chi connectivity index (χ0v) is 14.7. The maximum absolute atomic E-state index is 11.6. The molecule has 2 aliphatic heterocycles. The quantitative estimate of drug-likeness (QED) is 0.327. The van der Waals surface area contributed by atoms with Crippen LogP contribution in [0.2, 0.25) is 0 Å². The third-order valence-electron chi connectivity index (χ3n) is 4.36. The van der Waals surface area contributed by atoms with Crippen LogP contribution in [0.3, 0.4) is 0 Å². The lowest BCUT2D eigenvalue weighted by atomic mass is 10.2. The molecule has 0 radical (unpaired) electrons. The number of carbonyl (C=O) groups excluding carboxylic acids is 1. The number of aliphatic imine (C=N–C) groups is 1. The first-order valence-corrected chi connectivity index (χ1v) is 8.81. The number of amides is 1. The predicted octanol–water partition coefficient (Wildman–Crippen LogP) is 0.670. The molecule has 1 saturated heterocycles. The summed E-state index contributed by atoms with van der Waals surface area (Å²) in [5.41, 5.74) is 0. The van der Waals surface area contributed by atoms with E-state index in [2.05, 4.69) is 44.5 Å². The maximum Gasteiger partial charge on any atom is 0.222 e. The molecule has 23 heavy (non-hydrogen) atoms. The Balaban J connectivity index is 1.80. The van der Waals surface area contributed by atoms with Gasteiger partial charge < -0.3 is 15.5 Å². The molecule has 0 aromatic rings. The van der Waals surface area contributed by atoms with Crippen LogP contribution in [0, 0.1) is 5.92 Å². The van der Waals surface area contributed by atoms with E-state index in [0.29, 0.717) is 19.1 Å². The van der Waals surface area contributed by atoms with Gasteiger partial charge in [0.2, 0.25) is 5.91 Å². The fourth-order valence-corrected chi connectivity index (χ4v) is 3.00. The van der Waals surface area contributed by atoms with Gasteiger partial charge in [0.25, 0.3) is 0 Å². The van der Waals surface area contributed by atoms with Crippen molar-refractivity contribution in [1.82, 2.24) is 20.4 Å². The third-order valence-corrected chi connectivity index (χ3v) is 4.36. The second-order valence-corrected chi connectivity index (χ2v) is 6.50. The Labute approximate surface area is 140 Å². The van der Waals surface area contributed by atoms with Crippen LogP contribution in [0.4, 0.5) is 0 Å². The molecule has 0 saturated carbocycles. The number of likely N-dealkylation sites (tertiary alicyclic amines) is 1. The molecular weight excluding hydrogens is 290 g/mol. The van der Waals surface area contributed by atoms with Gasteiger partial charge >= 0.3 is 0 Å². The van der Waals surface area contributed by atoms with Crippen molar-refractivity contribution in [2.24, 2.45) is 10.9 Å². The zero-order chi connectivity index (χ0) is 16.7. The van der Waals surface area contributed by atoms with Crippen molar-refractivity contribution in [3.63, 3.8) is 0 Å². The highest BCUT2D eigenvalue weighted by atomic mass is 16.1. The van der Waals surface area contributed by atoms with Gasteiger partial charge in [-0.15, -0.1) is 0 Å². The van der Waals surface area contributed by atoms with E-state index in [1.807, 2.05) is 13.8 Å². The summed E-state index contributed by atoms with van der Waals surface area (Å²) in [5, 5.41) is 6.29. The van der Waals surface area contributed by atoms with Crippen molar-refractivity contribution < 1.29 is 4.79 Å². The molecular formula is C17H31N5O. The molecule has 0 aromatic carbocycles. The summed E-state index contributed by atoms with van der Waals surface area (Å²) < 4.78 is 0. The van der Waals surface area contributed by atoms with E-state index in [4.69, 9.17) is 0 Å². The largest absolute Gasteiger partial charge is 0.357 e. The lowest BCUT2D eigenvalue weighted by Gasteiger charge is -2.25. The molecule has 2 rings (SSSR count). The van der Waals surface area contributed by atoms with Gasteiger partial charge in [0.15, 0.2) is 5.96 Å². The number of carbonyl (C=O) groups is 1. The van der Waals surface area contributed by atoms with Crippen LogP contribution in [0.5, 0.6) is 0 Å². The van der Waals surface area contributed by atoms with Crippen molar-refractivity contribution in [3.8, 4) is 0 Å². The summed E-state index contributed by atoms with van der Waals surface area (Å²) in [5.74, 6) is 1.09. The van der Waals surface area contributed by atoms with Crippen LogP contribution < -0.4 is 10.6 Å². The third kappa shape index (κ3) is 5.23. The highest BCUT2D eigenvalue weighted by molar-refractivity contribution is 5.80. The van der Waals surface area contributed by atoms with Gasteiger partial charge in [-0.05, 0) is 13.3 Å². The van der Waals surface area contributed by atoms with E-state index in [1.54, 1.807) is 0 Å². The van der Waals surface area contributed by atoms with Crippen molar-refractivity contribution in [3.05, 3.63) is 12.2 Å². The van der Waals surface area contributed by atoms with Gasteiger partial charge in [0.05, 0.1) is 6.54 Å². The number of hydrogen-bond acceptors (Lipinski definition) is 3. The average molecular weight is 321 g/mol. The molecule has 6 nitrogen and oxygen atoms in total. The van der Waals surface area contributed by atoms with Crippen LogP contribution >= 0.6 is 0 Å². The minimum atomic E-state index is 0.0284. The molecule has 1 fully saturated rings. The van der Waals surface area contributed by atoms with Crippen LogP contribution in [-0.2, 0) is 4.79 Å². The summed E-state index contributed by atoms with van der Waals surface area (Å²) in [7, 11) is 0. The predicted molar refractivity (Wildman–Crippen MR) is 94.5 cm³/mol. The Morgan fingerprint density at radius 3 is 2.70 bits per heavy atom. The van der Waals surface area contributed by atoms with Crippen LogP contribution in [-0.4, -0.2) is 73.5 Å². The Morgan fingerprint density at radius 1 is 1.30 bits per heavy atom. The molecule has 1 amide bonds. The van der Waals surface area contributed by atoms with E-state index in [-0.39, 0.29) is 11.8 Å². The lowest BCUT2D eigenvalue weighted by molar-refractivity contribution is -0.123. The van der Waals surface area contributed by atoms with Crippen molar-refractivity contribution in [2.75, 3.05) is 45.8 Å². The second kappa shape index (κ2) is 8.91. The Kier molecular flexibility index (Phi) is 6.89. The number of nitrogens with one attached hydrogen (secondary N) is 2. The van der Waals surface area contributed by atoms with Gasteiger partial charge in [0.1, 0.15) is 0 Å². The zero-order valence-electron chi connectivity index (χ0n) is 14.7. The molecule has 0 bridgehead atoms. The van der Waals surface area contributed by atoms with Gasteiger partial charge in [-0.2, -0.15) is 0 Å². The molecule has 0 aromatic heterocycles. The smallest absolute Gasteiger partial charge is 0.222 e. The number of rotatable bonds is 6. The molecule has 130 valence electrons. The SMILES string of the molecule is CCNC(=NCCNC(=O)C(C)C)N1CCC(N2CC=CC2)C1. The molecule has 0 aliphatic carbocycles. The summed E-state index contributed by atoms with van der Waals surface area (Å²) in [6.45, 7) is 12.2. The van der Waals surface area contributed by atoms with Gasteiger partial charge in [-0.1, -0.05) is 26.0 Å². The Morgan fingerprint density at radius 2 is 2.04 bits per heavy atom. The van der Waals surface area contributed by atoms with E-state index >= 15 is 0 Å². The molecule has 1 atom stereocenters. The molecule has 2 heterocycles. The van der Waals surface area contributed by atoms with Gasteiger partial charge in [0, 0.05) is 51.2 Å². The van der Waals surface area contributed by atoms with E-state index < -0.39 is 0 Å². The maximum atomic E-state index is 11.6. The second-order valence-electron chi connectivity index (χ2n) is 6.50. The van der Waals surface area contributed by atoms with Gasteiger partial charge in [-0.25, -0.2) is 0 Å². The van der Waals surface area contributed by atoms with Gasteiger partial charge in [-0.3, -0.25) is 14.7 Å². The normalized spacial score (nSPS) is 22.2. The summed E-state index contributed by atoms with van der Waals surface area (Å²) in [4.78, 5) is 21.1. The van der Waals surface area contributed by atoms with Crippen molar-refractivity contribution in [2.45, 2.75) is 33.2 Å². The average Bonchev–Trinajstić information content (AvgIpc) is 3.20. The van der Waals surface area contributed by atoms with E-state index in [1.165, 1.54) is 6.42 Å². The van der Waals surface area contributed by atoms with Crippen molar-refractivity contribution >= 4 is 11.9 Å². The molecule has 2 N–H and O–H groups in total. The van der Waals surface area contributed by atoms with Crippen molar-refractivity contribution in [1.29, 1.82) is 0 Å². The highest BCUT2D eigenvalue weighted by Crippen LogP contribution is 2.17. The first-order valence-electron chi connectivity index (χ1n) is 8.81. The first-order chi connectivity index (χ1) is 11.1. The van der Waals surface area contributed by atoms with Crippen LogP contribution in [0.15, 0.2) is 17.1 Å². The first kappa shape index (κ1) is 17.8. The Hall–Kier alpha value is -1.56. The summed E-state index contributed by atoms with van der Waals surface area (Å²) in [6.07, 6.45) is 5.69. The molecule has 0 spiro atoms. The fourth-order valence-electron chi connectivity index (χ4n) is 3.00. The lowest BCUT2D eigenvalue weighted by Crippen LogP contribution is -2.43. The van der Waals surface area contributed by atoms with Crippen LogP contribution in [0.1, 0.15) is 27.2 Å². The van der Waals surface area contributed by atoms with E-state index in [0.717, 1.165) is 38.7 Å². The minimum absolute atomic E-state index is 0.0284. The number of hydrogen-bond donors (Lipinski definition) is 2. The Bertz CT molecular complexity index is 438. The number of nitrogens with zero attached hydrogens (tertiary/aromatic N) is 3. The minimum Gasteiger partial charge on any atom is -0.357 e. The topological polar surface area (TPSA) is 60.0 Å². The fraction of sp³-hybridized carbons (Fsp3) is 0.765. The summed E-state index contributed by atoms with van der Waals surface area (Å²) in [6, 6.07) is 0.620. The number of guanidine groups is 1. The molecule has 2 aliphatic rings. The highest BCUT2D eigenvalue weighted by Gasteiger charge is 2.29. The van der Waals surface area contributed by atoms with Crippen LogP contribution in [0.25, 0.3) is 0 Å².